The van der Waals surface area contributed by atoms with E-state index >= 15 is 0 Å². The van der Waals surface area contributed by atoms with Crippen molar-refractivity contribution in [2.45, 2.75) is 23.8 Å². The monoisotopic (exact) mass is 285 g/mol. The Hall–Kier alpha value is -1.44. The average molecular weight is 285 g/mol. The molecule has 1 aliphatic rings. The van der Waals surface area contributed by atoms with Crippen LogP contribution in [0.5, 0.6) is 0 Å². The number of hydrogen-bond acceptors (Lipinski definition) is 4. The van der Waals surface area contributed by atoms with Crippen molar-refractivity contribution in [3.63, 3.8) is 0 Å². The SMILES string of the molecule is CC1(NS(=O)(=O)c2cccc(C(=O)O)c2)CCOC1. The van der Waals surface area contributed by atoms with Crippen LogP contribution in [0.15, 0.2) is 29.2 Å². The van der Waals surface area contributed by atoms with Crippen LogP contribution in [-0.4, -0.2) is 38.2 Å². The number of rotatable bonds is 4. The lowest BCUT2D eigenvalue weighted by molar-refractivity contribution is 0.0696. The van der Waals surface area contributed by atoms with Crippen LogP contribution in [-0.2, 0) is 14.8 Å². The van der Waals surface area contributed by atoms with Gasteiger partial charge in [0.1, 0.15) is 0 Å². The molecule has 1 atom stereocenters. The van der Waals surface area contributed by atoms with Crippen molar-refractivity contribution >= 4 is 16.0 Å². The molecule has 2 N–H and O–H groups in total. The van der Waals surface area contributed by atoms with Gasteiger partial charge in [-0.1, -0.05) is 6.07 Å². The van der Waals surface area contributed by atoms with Crippen LogP contribution >= 0.6 is 0 Å². The third-order valence-corrected chi connectivity index (χ3v) is 4.63. The standard InChI is InChI=1S/C12H15NO5S/c1-12(5-6-18-8-12)13-19(16,17)10-4-2-3-9(7-10)11(14)15/h2-4,7,13H,5-6,8H2,1H3,(H,14,15). The van der Waals surface area contributed by atoms with E-state index in [-0.39, 0.29) is 10.5 Å². The van der Waals surface area contributed by atoms with Gasteiger partial charge in [-0.2, -0.15) is 0 Å². The first kappa shape index (κ1) is 14.0. The molecule has 0 saturated carbocycles. The maximum absolute atomic E-state index is 12.2. The molecule has 1 fully saturated rings. The predicted molar refractivity (Wildman–Crippen MR) is 67.6 cm³/mol. The van der Waals surface area contributed by atoms with E-state index in [1.165, 1.54) is 18.2 Å². The van der Waals surface area contributed by atoms with E-state index in [0.717, 1.165) is 6.07 Å². The maximum atomic E-state index is 12.2. The summed E-state index contributed by atoms with van der Waals surface area (Å²) in [4.78, 5) is 10.8. The number of nitrogens with one attached hydrogen (secondary N) is 1. The van der Waals surface area contributed by atoms with Crippen LogP contribution in [0.25, 0.3) is 0 Å². The highest BCUT2D eigenvalue weighted by Crippen LogP contribution is 2.21. The van der Waals surface area contributed by atoms with Gasteiger partial charge in [0.05, 0.1) is 22.6 Å². The highest BCUT2D eigenvalue weighted by atomic mass is 32.2. The molecule has 0 aromatic heterocycles. The molecular weight excluding hydrogens is 270 g/mol. The summed E-state index contributed by atoms with van der Waals surface area (Å²) in [5.74, 6) is -1.16. The van der Waals surface area contributed by atoms with Gasteiger partial charge in [-0.3, -0.25) is 0 Å². The number of ether oxygens (including phenoxy) is 1. The zero-order valence-corrected chi connectivity index (χ0v) is 11.2. The zero-order valence-electron chi connectivity index (χ0n) is 10.4. The van der Waals surface area contributed by atoms with Gasteiger partial charge in [-0.05, 0) is 31.5 Å². The summed E-state index contributed by atoms with van der Waals surface area (Å²) in [5.41, 5.74) is -0.700. The molecule has 0 spiro atoms. The van der Waals surface area contributed by atoms with Crippen molar-refractivity contribution in [3.8, 4) is 0 Å². The van der Waals surface area contributed by atoms with Gasteiger partial charge < -0.3 is 9.84 Å². The second-order valence-electron chi connectivity index (χ2n) is 4.80. The molecule has 1 aromatic carbocycles. The summed E-state index contributed by atoms with van der Waals surface area (Å²) in [7, 11) is -3.75. The zero-order chi connectivity index (χ0) is 14.1. The van der Waals surface area contributed by atoms with E-state index in [4.69, 9.17) is 9.84 Å². The Labute approximate surface area is 111 Å². The maximum Gasteiger partial charge on any atom is 0.335 e. The van der Waals surface area contributed by atoms with E-state index in [1.54, 1.807) is 6.92 Å². The van der Waals surface area contributed by atoms with Crippen LogP contribution in [0.1, 0.15) is 23.7 Å². The fourth-order valence-corrected chi connectivity index (χ4v) is 3.39. The Balaban J connectivity index is 2.29. The minimum atomic E-state index is -3.75. The Morgan fingerprint density at radius 1 is 1.47 bits per heavy atom. The van der Waals surface area contributed by atoms with Gasteiger partial charge in [-0.25, -0.2) is 17.9 Å². The number of carboxylic acid groups (broad SMARTS) is 1. The topological polar surface area (TPSA) is 92.7 Å². The van der Waals surface area contributed by atoms with Gasteiger partial charge in [0, 0.05) is 6.61 Å². The number of benzene rings is 1. The van der Waals surface area contributed by atoms with Crippen LogP contribution in [0.2, 0.25) is 0 Å². The molecule has 1 aromatic rings. The number of sulfonamides is 1. The lowest BCUT2D eigenvalue weighted by Crippen LogP contribution is -2.46. The number of carboxylic acids is 1. The first-order valence-corrected chi connectivity index (χ1v) is 7.26. The molecule has 2 rings (SSSR count). The fraction of sp³-hybridized carbons (Fsp3) is 0.417. The molecule has 7 heteroatoms. The summed E-state index contributed by atoms with van der Waals surface area (Å²) >= 11 is 0. The Kier molecular flexibility index (Phi) is 3.62. The molecule has 0 amide bonds. The fourth-order valence-electron chi connectivity index (χ4n) is 1.93. The normalized spacial score (nSPS) is 23.4. The lowest BCUT2D eigenvalue weighted by Gasteiger charge is -2.23. The van der Waals surface area contributed by atoms with Crippen molar-refractivity contribution in [3.05, 3.63) is 29.8 Å². The third kappa shape index (κ3) is 3.12. The molecule has 0 radical (unpaired) electrons. The smallest absolute Gasteiger partial charge is 0.335 e. The van der Waals surface area contributed by atoms with Crippen molar-refractivity contribution in [1.29, 1.82) is 0 Å². The van der Waals surface area contributed by atoms with Gasteiger partial charge in [0.2, 0.25) is 10.0 Å². The second kappa shape index (κ2) is 4.92. The molecule has 1 saturated heterocycles. The summed E-state index contributed by atoms with van der Waals surface area (Å²) in [5, 5.41) is 8.87. The van der Waals surface area contributed by atoms with E-state index in [1.807, 2.05) is 0 Å². The van der Waals surface area contributed by atoms with Crippen LogP contribution in [0.3, 0.4) is 0 Å². The third-order valence-electron chi connectivity index (χ3n) is 2.99. The van der Waals surface area contributed by atoms with Crippen molar-refractivity contribution in [2.75, 3.05) is 13.2 Å². The van der Waals surface area contributed by atoms with Gasteiger partial charge in [-0.15, -0.1) is 0 Å². The molecule has 6 nitrogen and oxygen atoms in total. The van der Waals surface area contributed by atoms with Crippen LogP contribution in [0.4, 0.5) is 0 Å². The van der Waals surface area contributed by atoms with E-state index in [0.29, 0.717) is 19.6 Å². The minimum Gasteiger partial charge on any atom is -0.478 e. The van der Waals surface area contributed by atoms with E-state index in [2.05, 4.69) is 4.72 Å². The number of carbonyl (C=O) groups is 1. The quantitative estimate of drug-likeness (QED) is 0.855. The summed E-state index contributed by atoms with van der Waals surface area (Å²) in [6.07, 6.45) is 0.588. The molecule has 1 heterocycles. The Bertz CT molecular complexity index is 590. The van der Waals surface area contributed by atoms with Crippen molar-refractivity contribution in [1.82, 2.24) is 4.72 Å². The van der Waals surface area contributed by atoms with Gasteiger partial charge in [0.25, 0.3) is 0 Å². The first-order chi connectivity index (χ1) is 8.82. The predicted octanol–water partition coefficient (Wildman–Crippen LogP) is 0.842. The Morgan fingerprint density at radius 2 is 2.21 bits per heavy atom. The van der Waals surface area contributed by atoms with E-state index in [9.17, 15) is 13.2 Å². The molecule has 1 aliphatic heterocycles. The summed E-state index contributed by atoms with van der Waals surface area (Å²) < 4.78 is 32.2. The molecule has 19 heavy (non-hydrogen) atoms. The molecule has 1 unspecified atom stereocenters. The van der Waals surface area contributed by atoms with E-state index < -0.39 is 21.5 Å². The molecule has 0 bridgehead atoms. The van der Waals surface area contributed by atoms with Gasteiger partial charge >= 0.3 is 5.97 Å². The summed E-state index contributed by atoms with van der Waals surface area (Å²) in [6.45, 7) is 2.58. The highest BCUT2D eigenvalue weighted by molar-refractivity contribution is 7.89. The van der Waals surface area contributed by atoms with Gasteiger partial charge in [0.15, 0.2) is 0 Å². The second-order valence-corrected chi connectivity index (χ2v) is 6.48. The minimum absolute atomic E-state index is 0.0551. The van der Waals surface area contributed by atoms with Crippen molar-refractivity contribution < 1.29 is 23.1 Å². The largest absolute Gasteiger partial charge is 0.478 e. The molecule has 104 valence electrons. The lowest BCUT2D eigenvalue weighted by atomic mass is 10.0. The molecular formula is C12H15NO5S. The van der Waals surface area contributed by atoms with Crippen LogP contribution < -0.4 is 4.72 Å². The summed E-state index contributed by atoms with van der Waals surface area (Å²) in [6, 6.07) is 5.27. The molecule has 0 aliphatic carbocycles. The average Bonchev–Trinajstić information content (AvgIpc) is 2.75. The first-order valence-electron chi connectivity index (χ1n) is 5.78. The number of hydrogen-bond donors (Lipinski definition) is 2. The van der Waals surface area contributed by atoms with Crippen LogP contribution in [0, 0.1) is 0 Å². The Morgan fingerprint density at radius 3 is 2.79 bits per heavy atom. The van der Waals surface area contributed by atoms with Crippen molar-refractivity contribution in [2.24, 2.45) is 0 Å². The highest BCUT2D eigenvalue weighted by Gasteiger charge is 2.34. The number of aromatic carboxylic acids is 1.